The normalized spacial score (nSPS) is 17.7. The topological polar surface area (TPSA) is 53.4 Å². The number of carbonyl (C=O) groups excluding carboxylic acids is 1. The molecule has 0 saturated carbocycles. The van der Waals surface area contributed by atoms with Crippen molar-refractivity contribution in [2.45, 2.75) is 38.6 Å². The number of nitrogens with zero attached hydrogens (tertiary/aromatic N) is 2. The molecule has 4 nitrogen and oxygen atoms in total. The molecule has 1 aliphatic rings. The first-order valence-corrected chi connectivity index (χ1v) is 9.07. The number of thiophene rings is 1. The van der Waals surface area contributed by atoms with Crippen LogP contribution in [-0.2, 0) is 0 Å². The van der Waals surface area contributed by atoms with E-state index in [0.717, 1.165) is 49.2 Å². The van der Waals surface area contributed by atoms with Crippen molar-refractivity contribution in [3.63, 3.8) is 0 Å². The molecule has 1 aliphatic heterocycles. The Labute approximate surface area is 140 Å². The minimum Gasteiger partial charge on any atom is -0.396 e. The number of amides is 1. The highest BCUT2D eigenvalue weighted by Crippen LogP contribution is 2.26. The van der Waals surface area contributed by atoms with Gasteiger partial charge in [0.2, 0.25) is 0 Å². The van der Waals surface area contributed by atoms with E-state index in [4.69, 9.17) is 5.11 Å². The lowest BCUT2D eigenvalue weighted by Gasteiger charge is -2.25. The Morgan fingerprint density at radius 2 is 2.30 bits per heavy atom. The molecule has 2 aromatic heterocycles. The quantitative estimate of drug-likeness (QED) is 0.913. The second-order valence-electron chi connectivity index (χ2n) is 6.00. The van der Waals surface area contributed by atoms with Crippen molar-refractivity contribution >= 4 is 17.2 Å². The van der Waals surface area contributed by atoms with Gasteiger partial charge in [0.15, 0.2) is 0 Å². The average molecular weight is 330 g/mol. The van der Waals surface area contributed by atoms with E-state index in [1.165, 1.54) is 0 Å². The van der Waals surface area contributed by atoms with Crippen molar-refractivity contribution in [1.29, 1.82) is 0 Å². The van der Waals surface area contributed by atoms with Gasteiger partial charge in [0, 0.05) is 30.1 Å². The van der Waals surface area contributed by atoms with Crippen molar-refractivity contribution in [2.24, 2.45) is 0 Å². The molecule has 0 radical (unpaired) electrons. The van der Waals surface area contributed by atoms with E-state index in [9.17, 15) is 4.79 Å². The van der Waals surface area contributed by atoms with Crippen molar-refractivity contribution in [3.05, 3.63) is 40.2 Å². The standard InChI is InChI=1S/C18H22N2O2S/c1-13-16(6-7-17(19-13)14-8-11-23-12-14)18(22)20-9-2-4-15(20)5-3-10-21/h6-8,11-12,15,21H,2-5,9-10H2,1H3. The van der Waals surface area contributed by atoms with Crippen LogP contribution in [-0.4, -0.2) is 40.1 Å². The maximum Gasteiger partial charge on any atom is 0.255 e. The van der Waals surface area contributed by atoms with E-state index in [0.29, 0.717) is 5.56 Å². The zero-order chi connectivity index (χ0) is 16.2. The van der Waals surface area contributed by atoms with E-state index in [1.54, 1.807) is 11.3 Å². The highest BCUT2D eigenvalue weighted by Gasteiger charge is 2.29. The number of rotatable bonds is 5. The molecule has 1 atom stereocenters. The number of pyridine rings is 1. The minimum atomic E-state index is 0.0762. The summed E-state index contributed by atoms with van der Waals surface area (Å²) in [5.74, 6) is 0.0762. The number of likely N-dealkylation sites (tertiary alicyclic amines) is 1. The molecule has 3 heterocycles. The van der Waals surface area contributed by atoms with Gasteiger partial charge in [-0.3, -0.25) is 9.78 Å². The summed E-state index contributed by atoms with van der Waals surface area (Å²) in [6.45, 7) is 2.90. The number of aliphatic hydroxyl groups is 1. The van der Waals surface area contributed by atoms with Crippen molar-refractivity contribution < 1.29 is 9.90 Å². The fourth-order valence-electron chi connectivity index (χ4n) is 3.24. The summed E-state index contributed by atoms with van der Waals surface area (Å²) in [4.78, 5) is 19.4. The maximum absolute atomic E-state index is 12.9. The van der Waals surface area contributed by atoms with Gasteiger partial charge < -0.3 is 10.0 Å². The predicted octanol–water partition coefficient (Wildman–Crippen LogP) is 3.50. The summed E-state index contributed by atoms with van der Waals surface area (Å²) in [6, 6.07) is 6.13. The molecule has 3 rings (SSSR count). The van der Waals surface area contributed by atoms with Gasteiger partial charge in [0.05, 0.1) is 17.0 Å². The molecule has 1 saturated heterocycles. The van der Waals surface area contributed by atoms with E-state index >= 15 is 0 Å². The summed E-state index contributed by atoms with van der Waals surface area (Å²) in [7, 11) is 0. The fourth-order valence-corrected chi connectivity index (χ4v) is 3.89. The Hall–Kier alpha value is -1.72. The number of aryl methyl sites for hydroxylation is 1. The van der Waals surface area contributed by atoms with Crippen LogP contribution in [0.1, 0.15) is 41.7 Å². The predicted molar refractivity (Wildman–Crippen MR) is 92.7 cm³/mol. The van der Waals surface area contributed by atoms with E-state index < -0.39 is 0 Å². The summed E-state index contributed by atoms with van der Waals surface area (Å²) in [6.07, 6.45) is 3.71. The summed E-state index contributed by atoms with van der Waals surface area (Å²) < 4.78 is 0. The lowest BCUT2D eigenvalue weighted by atomic mass is 10.1. The first-order chi connectivity index (χ1) is 11.2. The Kier molecular flexibility index (Phi) is 5.08. The summed E-state index contributed by atoms with van der Waals surface area (Å²) in [5, 5.41) is 13.1. The molecule has 0 spiro atoms. The largest absolute Gasteiger partial charge is 0.396 e. The first kappa shape index (κ1) is 16.1. The van der Waals surface area contributed by atoms with Gasteiger partial charge in [-0.2, -0.15) is 11.3 Å². The molecule has 2 aromatic rings. The second kappa shape index (κ2) is 7.23. The molecule has 0 aromatic carbocycles. The molecule has 5 heteroatoms. The molecule has 0 bridgehead atoms. The lowest BCUT2D eigenvalue weighted by molar-refractivity contribution is 0.0723. The molecule has 1 N–H and O–H groups in total. The molecule has 1 fully saturated rings. The van der Waals surface area contributed by atoms with Crippen LogP contribution in [0, 0.1) is 6.92 Å². The van der Waals surface area contributed by atoms with Gasteiger partial charge in [0.1, 0.15) is 0 Å². The van der Waals surface area contributed by atoms with Crippen molar-refractivity contribution in [1.82, 2.24) is 9.88 Å². The molecular formula is C18H22N2O2S. The van der Waals surface area contributed by atoms with E-state index in [2.05, 4.69) is 10.4 Å². The van der Waals surface area contributed by atoms with Crippen LogP contribution in [0.3, 0.4) is 0 Å². The van der Waals surface area contributed by atoms with Gasteiger partial charge in [-0.25, -0.2) is 0 Å². The monoisotopic (exact) mass is 330 g/mol. The molecule has 122 valence electrons. The number of aliphatic hydroxyl groups excluding tert-OH is 1. The smallest absolute Gasteiger partial charge is 0.255 e. The fraction of sp³-hybridized carbons (Fsp3) is 0.444. The lowest BCUT2D eigenvalue weighted by Crippen LogP contribution is -2.36. The molecule has 1 amide bonds. The maximum atomic E-state index is 12.9. The summed E-state index contributed by atoms with van der Waals surface area (Å²) >= 11 is 1.64. The van der Waals surface area contributed by atoms with Gasteiger partial charge in [-0.15, -0.1) is 0 Å². The molecular weight excluding hydrogens is 308 g/mol. The Morgan fingerprint density at radius 3 is 3.00 bits per heavy atom. The Bertz CT molecular complexity index is 670. The number of carbonyl (C=O) groups is 1. The Balaban J connectivity index is 1.79. The van der Waals surface area contributed by atoms with Crippen molar-refractivity contribution in [2.75, 3.05) is 13.2 Å². The van der Waals surface area contributed by atoms with Crippen molar-refractivity contribution in [3.8, 4) is 11.3 Å². The highest BCUT2D eigenvalue weighted by molar-refractivity contribution is 7.08. The van der Waals surface area contributed by atoms with Crippen LogP contribution in [0.15, 0.2) is 29.0 Å². The second-order valence-corrected chi connectivity index (χ2v) is 6.78. The zero-order valence-corrected chi connectivity index (χ0v) is 14.2. The molecule has 0 aliphatic carbocycles. The first-order valence-electron chi connectivity index (χ1n) is 8.12. The highest BCUT2D eigenvalue weighted by atomic mass is 32.1. The minimum absolute atomic E-state index is 0.0762. The average Bonchev–Trinajstić information content (AvgIpc) is 3.23. The van der Waals surface area contributed by atoms with Crippen LogP contribution >= 0.6 is 11.3 Å². The third kappa shape index (κ3) is 3.46. The number of hydrogen-bond acceptors (Lipinski definition) is 4. The van der Waals surface area contributed by atoms with Gasteiger partial charge in [-0.05, 0) is 56.2 Å². The number of aromatic nitrogens is 1. The van der Waals surface area contributed by atoms with E-state index in [-0.39, 0.29) is 18.6 Å². The summed E-state index contributed by atoms with van der Waals surface area (Å²) in [5.41, 5.74) is 3.49. The van der Waals surface area contributed by atoms with E-state index in [1.807, 2.05) is 35.4 Å². The van der Waals surface area contributed by atoms with Crippen LogP contribution in [0.5, 0.6) is 0 Å². The van der Waals surface area contributed by atoms with Gasteiger partial charge in [-0.1, -0.05) is 0 Å². The molecule has 23 heavy (non-hydrogen) atoms. The number of hydrogen-bond donors (Lipinski definition) is 1. The van der Waals surface area contributed by atoms with Crippen LogP contribution in [0.2, 0.25) is 0 Å². The van der Waals surface area contributed by atoms with Crippen LogP contribution in [0.25, 0.3) is 11.3 Å². The van der Waals surface area contributed by atoms with Crippen LogP contribution < -0.4 is 0 Å². The third-order valence-electron chi connectivity index (χ3n) is 4.47. The zero-order valence-electron chi connectivity index (χ0n) is 13.4. The third-order valence-corrected chi connectivity index (χ3v) is 5.15. The molecule has 1 unspecified atom stereocenters. The Morgan fingerprint density at radius 1 is 1.43 bits per heavy atom. The van der Waals surface area contributed by atoms with Gasteiger partial charge in [0.25, 0.3) is 5.91 Å². The van der Waals surface area contributed by atoms with Crippen LogP contribution in [0.4, 0.5) is 0 Å². The van der Waals surface area contributed by atoms with Gasteiger partial charge >= 0.3 is 0 Å². The SMILES string of the molecule is Cc1nc(-c2ccsc2)ccc1C(=O)N1CCCC1CCCO.